The first kappa shape index (κ1) is 25.5. The number of hydrogen-bond donors (Lipinski definition) is 0. The lowest BCUT2D eigenvalue weighted by atomic mass is 9.84. The molecule has 3 aromatic rings. The summed E-state index contributed by atoms with van der Waals surface area (Å²) >= 11 is 0. The molecule has 1 aliphatic carbocycles. The molecule has 2 fully saturated rings. The minimum Gasteiger partial charge on any atom is -0.496 e. The normalized spacial score (nSPS) is 21.8. The molecule has 0 spiro atoms. The van der Waals surface area contributed by atoms with E-state index in [0.717, 1.165) is 47.2 Å². The molecule has 2 aliphatic heterocycles. The number of carbonyl (C=O) groups is 2. The third kappa shape index (κ3) is 4.45. The van der Waals surface area contributed by atoms with Crippen LogP contribution in [0.1, 0.15) is 58.6 Å². The summed E-state index contributed by atoms with van der Waals surface area (Å²) in [6.45, 7) is 0.230. The Hall–Kier alpha value is -3.81. The molecule has 2 heterocycles. The van der Waals surface area contributed by atoms with Crippen molar-refractivity contribution in [2.24, 2.45) is 5.92 Å². The van der Waals surface area contributed by atoms with Crippen LogP contribution in [-0.2, 0) is 10.9 Å². The molecule has 6 rings (SSSR count). The predicted molar refractivity (Wildman–Crippen MR) is 139 cm³/mol. The number of ether oxygens (including phenoxy) is 2. The molecule has 2 bridgehead atoms. The largest absolute Gasteiger partial charge is 0.496 e. The molecule has 0 aromatic heterocycles. The van der Waals surface area contributed by atoms with Gasteiger partial charge in [-0.15, -0.1) is 0 Å². The van der Waals surface area contributed by atoms with Gasteiger partial charge in [-0.25, -0.2) is 4.79 Å². The molecule has 8 heteroatoms. The van der Waals surface area contributed by atoms with Gasteiger partial charge in [-0.3, -0.25) is 4.79 Å². The first-order chi connectivity index (χ1) is 18.8. The van der Waals surface area contributed by atoms with E-state index in [1.54, 1.807) is 4.90 Å². The first-order valence-electron chi connectivity index (χ1n) is 13.2. The zero-order chi connectivity index (χ0) is 27.3. The highest BCUT2D eigenvalue weighted by Crippen LogP contribution is 2.45. The van der Waals surface area contributed by atoms with E-state index in [2.05, 4.69) is 24.3 Å². The van der Waals surface area contributed by atoms with E-state index in [0.29, 0.717) is 12.8 Å². The molecule has 39 heavy (non-hydrogen) atoms. The number of carbonyl (C=O) groups excluding carboxylic acids is 2. The number of rotatable bonds is 5. The van der Waals surface area contributed by atoms with E-state index in [-0.39, 0.29) is 47.8 Å². The Morgan fingerprint density at radius 2 is 1.49 bits per heavy atom. The Morgan fingerprint density at radius 1 is 0.897 bits per heavy atom. The van der Waals surface area contributed by atoms with Gasteiger partial charge in [-0.2, -0.15) is 13.2 Å². The summed E-state index contributed by atoms with van der Waals surface area (Å²) in [5.74, 6) is -0.762. The number of benzene rings is 3. The van der Waals surface area contributed by atoms with Crippen molar-refractivity contribution in [3.8, 4) is 16.9 Å². The van der Waals surface area contributed by atoms with Crippen molar-refractivity contribution in [2.45, 2.75) is 49.9 Å². The quantitative estimate of drug-likeness (QED) is 0.328. The Kier molecular flexibility index (Phi) is 6.36. The fourth-order valence-electron chi connectivity index (χ4n) is 6.65. The van der Waals surface area contributed by atoms with E-state index in [1.165, 1.54) is 13.2 Å². The summed E-state index contributed by atoms with van der Waals surface area (Å²) in [7, 11) is 1.26. The fraction of sp³-hybridized carbons (Fsp3) is 0.355. The van der Waals surface area contributed by atoms with Crippen molar-refractivity contribution in [1.29, 1.82) is 0 Å². The third-order valence-corrected chi connectivity index (χ3v) is 8.45. The molecular formula is C31H28F3NO4. The summed E-state index contributed by atoms with van der Waals surface area (Å²) in [6, 6.07) is 19.0. The molecule has 2 unspecified atom stereocenters. The molecular weight excluding hydrogens is 507 g/mol. The highest BCUT2D eigenvalue weighted by molar-refractivity contribution is 6.00. The Labute approximate surface area is 224 Å². The Balaban J connectivity index is 1.14. The molecule has 2 atom stereocenters. The molecule has 1 amide bonds. The van der Waals surface area contributed by atoms with E-state index in [9.17, 15) is 22.8 Å². The van der Waals surface area contributed by atoms with Gasteiger partial charge < -0.3 is 14.4 Å². The van der Waals surface area contributed by atoms with Crippen LogP contribution in [-0.4, -0.2) is 42.6 Å². The fourth-order valence-corrected chi connectivity index (χ4v) is 6.65. The number of alkyl halides is 3. The smallest absolute Gasteiger partial charge is 0.416 e. The minimum absolute atomic E-state index is 0.0368. The zero-order valence-electron chi connectivity index (χ0n) is 21.4. The number of amides is 1. The van der Waals surface area contributed by atoms with Crippen LogP contribution in [0, 0.1) is 5.92 Å². The molecule has 5 nitrogen and oxygen atoms in total. The number of methoxy groups -OCH3 is 1. The highest BCUT2D eigenvalue weighted by Gasteiger charge is 2.46. The van der Waals surface area contributed by atoms with Gasteiger partial charge >= 0.3 is 12.3 Å². The second-order valence-electron chi connectivity index (χ2n) is 10.5. The second kappa shape index (κ2) is 9.74. The van der Waals surface area contributed by atoms with E-state index < -0.39 is 17.7 Å². The molecule has 0 N–H and O–H groups in total. The minimum atomic E-state index is -4.53. The molecule has 3 aromatic carbocycles. The molecule has 2 saturated heterocycles. The van der Waals surface area contributed by atoms with Gasteiger partial charge in [0, 0.05) is 23.9 Å². The molecule has 0 radical (unpaired) electrons. The average molecular weight is 536 g/mol. The zero-order valence-corrected chi connectivity index (χ0v) is 21.4. The van der Waals surface area contributed by atoms with Gasteiger partial charge in [-0.1, -0.05) is 48.5 Å². The molecule has 3 aliphatic rings. The molecule has 202 valence electrons. The van der Waals surface area contributed by atoms with Crippen molar-refractivity contribution >= 4 is 11.9 Å². The van der Waals surface area contributed by atoms with Crippen LogP contribution < -0.4 is 4.74 Å². The topological polar surface area (TPSA) is 55.8 Å². The number of nitrogens with zero attached hydrogens (tertiary/aromatic N) is 1. The van der Waals surface area contributed by atoms with Crippen molar-refractivity contribution in [1.82, 2.24) is 4.90 Å². The van der Waals surface area contributed by atoms with Crippen LogP contribution in [0.2, 0.25) is 0 Å². The van der Waals surface area contributed by atoms with Crippen LogP contribution in [0.5, 0.6) is 5.75 Å². The van der Waals surface area contributed by atoms with Crippen molar-refractivity contribution in [3.05, 3.63) is 89.0 Å². The predicted octanol–water partition coefficient (Wildman–Crippen LogP) is 7.09. The second-order valence-corrected chi connectivity index (χ2v) is 10.5. The first-order valence-corrected chi connectivity index (χ1v) is 13.2. The van der Waals surface area contributed by atoms with Gasteiger partial charge in [0.15, 0.2) is 5.78 Å². The summed E-state index contributed by atoms with van der Waals surface area (Å²) in [4.78, 5) is 28.5. The van der Waals surface area contributed by atoms with Crippen LogP contribution >= 0.6 is 0 Å². The Morgan fingerprint density at radius 3 is 2.05 bits per heavy atom. The van der Waals surface area contributed by atoms with Crippen LogP contribution in [0.15, 0.2) is 66.7 Å². The van der Waals surface area contributed by atoms with Gasteiger partial charge in [0.25, 0.3) is 0 Å². The number of halogens is 3. The summed E-state index contributed by atoms with van der Waals surface area (Å²) in [5, 5.41) is 0. The van der Waals surface area contributed by atoms with Gasteiger partial charge in [0.2, 0.25) is 0 Å². The number of ketones is 1. The number of fused-ring (bicyclic) bond motifs is 5. The van der Waals surface area contributed by atoms with Gasteiger partial charge in [0.1, 0.15) is 12.4 Å². The average Bonchev–Trinajstić information content (AvgIpc) is 3.40. The maximum absolute atomic E-state index is 13.4. The van der Waals surface area contributed by atoms with Crippen LogP contribution in [0.25, 0.3) is 11.1 Å². The lowest BCUT2D eigenvalue weighted by Crippen LogP contribution is -2.48. The number of hydrogen-bond acceptors (Lipinski definition) is 4. The number of piperidine rings is 1. The molecule has 0 saturated carbocycles. The van der Waals surface area contributed by atoms with Crippen molar-refractivity contribution < 1.29 is 32.2 Å². The summed E-state index contributed by atoms with van der Waals surface area (Å²) in [5.41, 5.74) is 3.89. The summed E-state index contributed by atoms with van der Waals surface area (Å²) < 4.78 is 50.5. The highest BCUT2D eigenvalue weighted by atomic mass is 19.4. The standard InChI is InChI=1S/C31H28F3NO4/c1-38-28-16-19(31(32,33)34)10-13-26(28)29(36)18-14-20-11-12-21(15-18)35(20)30(37)39-17-27-24-8-4-2-6-22(24)23-7-3-5-9-25(23)27/h2-10,13,16,18,20-21,27H,11-12,14-15,17H2,1H3. The van der Waals surface area contributed by atoms with Crippen molar-refractivity contribution in [3.63, 3.8) is 0 Å². The van der Waals surface area contributed by atoms with E-state index >= 15 is 0 Å². The third-order valence-electron chi connectivity index (χ3n) is 8.45. The van der Waals surface area contributed by atoms with Gasteiger partial charge in [0.05, 0.1) is 18.2 Å². The summed E-state index contributed by atoms with van der Waals surface area (Å²) in [6.07, 6.45) is -2.47. The SMILES string of the molecule is COc1cc(C(F)(F)F)ccc1C(=O)C1CC2CCC(C1)N2C(=O)OCC1c2ccccc2-c2ccccc21. The number of Topliss-reactive ketones (excluding diaryl/α,β-unsaturated/α-hetero) is 1. The maximum Gasteiger partial charge on any atom is 0.416 e. The van der Waals surface area contributed by atoms with Crippen molar-refractivity contribution in [2.75, 3.05) is 13.7 Å². The van der Waals surface area contributed by atoms with E-state index in [1.807, 2.05) is 24.3 Å². The van der Waals surface area contributed by atoms with Gasteiger partial charge in [-0.05, 0) is 66.1 Å². The maximum atomic E-state index is 13.4. The van der Waals surface area contributed by atoms with Crippen LogP contribution in [0.4, 0.5) is 18.0 Å². The lowest BCUT2D eigenvalue weighted by molar-refractivity contribution is -0.137. The van der Waals surface area contributed by atoms with E-state index in [4.69, 9.17) is 9.47 Å². The van der Waals surface area contributed by atoms with Crippen LogP contribution in [0.3, 0.4) is 0 Å². The monoisotopic (exact) mass is 535 g/mol. The lowest BCUT2D eigenvalue weighted by Gasteiger charge is -2.38. The Bertz CT molecular complexity index is 1380.